The maximum atomic E-state index is 11.9. The van der Waals surface area contributed by atoms with Crippen LogP contribution in [0.15, 0.2) is 29.2 Å². The molecule has 0 amide bonds. The average molecular weight is 234 g/mol. The summed E-state index contributed by atoms with van der Waals surface area (Å²) in [6, 6.07) is 4.98. The Labute approximate surface area is 96.1 Å². The van der Waals surface area contributed by atoms with Crippen molar-refractivity contribution >= 4 is 16.7 Å². The molecule has 88 valence electrons. The van der Waals surface area contributed by atoms with Gasteiger partial charge in [0.25, 0.3) is 5.56 Å². The summed E-state index contributed by atoms with van der Waals surface area (Å²) in [7, 11) is 1.50. The summed E-state index contributed by atoms with van der Waals surface area (Å²) in [4.78, 5) is 22.5. The van der Waals surface area contributed by atoms with E-state index in [9.17, 15) is 9.59 Å². The third-order valence-corrected chi connectivity index (χ3v) is 2.35. The predicted molar refractivity (Wildman–Crippen MR) is 60.2 cm³/mol. The van der Waals surface area contributed by atoms with Crippen LogP contribution < -0.4 is 10.3 Å². The normalized spacial score (nSPS) is 10.4. The molecule has 0 atom stereocenters. The summed E-state index contributed by atoms with van der Waals surface area (Å²) in [5.74, 6) is -0.565. The topological polar surface area (TPSA) is 81.4 Å². The number of ether oxygens (including phenoxy) is 1. The van der Waals surface area contributed by atoms with Gasteiger partial charge in [-0.1, -0.05) is 0 Å². The molecule has 0 aliphatic carbocycles. The van der Waals surface area contributed by atoms with Gasteiger partial charge in [-0.3, -0.25) is 9.59 Å². The Kier molecular flexibility index (Phi) is 2.78. The minimum absolute atomic E-state index is 0.389. The van der Waals surface area contributed by atoms with Crippen LogP contribution in [0.2, 0.25) is 0 Å². The molecular weight excluding hydrogens is 224 g/mol. The Balaban J connectivity index is 2.64. The highest BCUT2D eigenvalue weighted by Gasteiger charge is 2.07. The van der Waals surface area contributed by atoms with Crippen LogP contribution in [-0.2, 0) is 11.3 Å². The first kappa shape index (κ1) is 11.1. The van der Waals surface area contributed by atoms with Crippen molar-refractivity contribution < 1.29 is 14.6 Å². The van der Waals surface area contributed by atoms with Crippen LogP contribution in [0.1, 0.15) is 0 Å². The Bertz CT molecular complexity index is 633. The molecule has 1 aromatic carbocycles. The summed E-state index contributed by atoms with van der Waals surface area (Å²) in [6.45, 7) is -0.452. The number of aliphatic carboxylic acids is 1. The van der Waals surface area contributed by atoms with Gasteiger partial charge in [0.1, 0.15) is 12.3 Å². The lowest BCUT2D eigenvalue weighted by Crippen LogP contribution is -2.26. The van der Waals surface area contributed by atoms with Crippen LogP contribution in [0.4, 0.5) is 0 Å². The molecule has 0 unspecified atom stereocenters. The molecular formula is C11H10N2O4. The van der Waals surface area contributed by atoms with E-state index in [4.69, 9.17) is 9.84 Å². The molecule has 0 fully saturated rings. The summed E-state index contributed by atoms with van der Waals surface area (Å²) >= 11 is 0. The van der Waals surface area contributed by atoms with Crippen molar-refractivity contribution in [1.82, 2.24) is 9.78 Å². The van der Waals surface area contributed by atoms with E-state index in [2.05, 4.69) is 5.10 Å². The Morgan fingerprint density at radius 1 is 1.53 bits per heavy atom. The van der Waals surface area contributed by atoms with Crippen LogP contribution in [0.5, 0.6) is 5.75 Å². The zero-order chi connectivity index (χ0) is 12.4. The van der Waals surface area contributed by atoms with Gasteiger partial charge in [-0.25, -0.2) is 4.68 Å². The van der Waals surface area contributed by atoms with Gasteiger partial charge in [-0.2, -0.15) is 5.10 Å². The van der Waals surface area contributed by atoms with Gasteiger partial charge < -0.3 is 9.84 Å². The molecule has 1 heterocycles. The van der Waals surface area contributed by atoms with Crippen molar-refractivity contribution in [2.45, 2.75) is 6.54 Å². The van der Waals surface area contributed by atoms with E-state index < -0.39 is 18.1 Å². The van der Waals surface area contributed by atoms with Gasteiger partial charge in [-0.05, 0) is 18.2 Å². The number of hydrogen-bond acceptors (Lipinski definition) is 4. The number of carboxylic acid groups (broad SMARTS) is 1. The van der Waals surface area contributed by atoms with Crippen LogP contribution in [0, 0.1) is 0 Å². The quantitative estimate of drug-likeness (QED) is 0.835. The molecule has 0 radical (unpaired) electrons. The monoisotopic (exact) mass is 234 g/mol. The Morgan fingerprint density at radius 3 is 2.94 bits per heavy atom. The summed E-state index contributed by atoms with van der Waals surface area (Å²) in [5, 5.41) is 13.5. The first-order valence-electron chi connectivity index (χ1n) is 4.87. The first-order valence-corrected chi connectivity index (χ1v) is 4.87. The van der Waals surface area contributed by atoms with E-state index in [0.717, 1.165) is 4.68 Å². The van der Waals surface area contributed by atoms with Crippen molar-refractivity contribution in [2.24, 2.45) is 0 Å². The molecule has 0 saturated heterocycles. The molecule has 1 N–H and O–H groups in total. The predicted octanol–water partition coefficient (Wildman–Crippen LogP) is 0.490. The number of hydrogen-bond donors (Lipinski definition) is 1. The summed E-state index contributed by atoms with van der Waals surface area (Å²) in [5.41, 5.74) is -0.441. The van der Waals surface area contributed by atoms with Gasteiger partial charge in [0, 0.05) is 5.39 Å². The smallest absolute Gasteiger partial charge is 0.325 e. The van der Waals surface area contributed by atoms with Gasteiger partial charge in [0.15, 0.2) is 0 Å². The zero-order valence-corrected chi connectivity index (χ0v) is 9.08. The molecule has 1 aromatic heterocycles. The van der Waals surface area contributed by atoms with Crippen molar-refractivity contribution in [3.8, 4) is 5.75 Å². The molecule has 0 saturated carbocycles. The van der Waals surface area contributed by atoms with Crippen molar-refractivity contribution in [1.29, 1.82) is 0 Å². The molecule has 6 heteroatoms. The van der Waals surface area contributed by atoms with Crippen molar-refractivity contribution in [2.75, 3.05) is 7.11 Å². The zero-order valence-electron chi connectivity index (χ0n) is 9.08. The third kappa shape index (κ3) is 2.10. The summed E-state index contributed by atoms with van der Waals surface area (Å²) in [6.07, 6.45) is 1.46. The first-order chi connectivity index (χ1) is 8.11. The van der Waals surface area contributed by atoms with Crippen molar-refractivity contribution in [3.63, 3.8) is 0 Å². The van der Waals surface area contributed by atoms with Crippen LogP contribution in [-0.4, -0.2) is 28.0 Å². The number of carbonyl (C=O) groups is 1. The standard InChI is InChI=1S/C11H10N2O4/c1-17-8-3-2-7-5-12-13(6-10(14)15)11(16)9(7)4-8/h2-5H,6H2,1H3,(H,14,15). The van der Waals surface area contributed by atoms with Gasteiger partial charge in [-0.15, -0.1) is 0 Å². The maximum absolute atomic E-state index is 11.9. The second-order valence-electron chi connectivity index (χ2n) is 3.45. The minimum Gasteiger partial charge on any atom is -0.497 e. The van der Waals surface area contributed by atoms with E-state index in [1.165, 1.54) is 13.3 Å². The van der Waals surface area contributed by atoms with E-state index in [1.807, 2.05) is 0 Å². The highest BCUT2D eigenvalue weighted by atomic mass is 16.5. The molecule has 6 nitrogen and oxygen atoms in total. The summed E-state index contributed by atoms with van der Waals surface area (Å²) < 4.78 is 5.92. The number of rotatable bonds is 3. The minimum atomic E-state index is -1.11. The SMILES string of the molecule is COc1ccc2cnn(CC(=O)O)c(=O)c2c1. The average Bonchev–Trinajstić information content (AvgIpc) is 2.32. The van der Waals surface area contributed by atoms with E-state index in [1.54, 1.807) is 18.2 Å². The lowest BCUT2D eigenvalue weighted by atomic mass is 10.2. The second kappa shape index (κ2) is 4.25. The van der Waals surface area contributed by atoms with E-state index >= 15 is 0 Å². The van der Waals surface area contributed by atoms with Crippen LogP contribution in [0.3, 0.4) is 0 Å². The Morgan fingerprint density at radius 2 is 2.29 bits per heavy atom. The third-order valence-electron chi connectivity index (χ3n) is 2.35. The number of methoxy groups -OCH3 is 1. The molecule has 0 spiro atoms. The molecule has 0 bridgehead atoms. The number of carboxylic acids is 1. The maximum Gasteiger partial charge on any atom is 0.325 e. The molecule has 0 aliphatic rings. The van der Waals surface area contributed by atoms with Crippen molar-refractivity contribution in [3.05, 3.63) is 34.7 Å². The number of fused-ring (bicyclic) bond motifs is 1. The van der Waals surface area contributed by atoms with E-state index in [0.29, 0.717) is 16.5 Å². The lowest BCUT2D eigenvalue weighted by Gasteiger charge is -2.04. The number of benzene rings is 1. The molecule has 2 aromatic rings. The van der Waals surface area contributed by atoms with Gasteiger partial charge >= 0.3 is 5.97 Å². The molecule has 2 rings (SSSR count). The number of nitrogens with zero attached hydrogens (tertiary/aromatic N) is 2. The highest BCUT2D eigenvalue weighted by Crippen LogP contribution is 2.16. The van der Waals surface area contributed by atoms with Gasteiger partial charge in [0.05, 0.1) is 18.7 Å². The number of aromatic nitrogens is 2. The van der Waals surface area contributed by atoms with E-state index in [-0.39, 0.29) is 0 Å². The van der Waals surface area contributed by atoms with Crippen LogP contribution >= 0.6 is 0 Å². The lowest BCUT2D eigenvalue weighted by molar-refractivity contribution is -0.137. The largest absolute Gasteiger partial charge is 0.497 e. The fourth-order valence-corrected chi connectivity index (χ4v) is 1.52. The van der Waals surface area contributed by atoms with Gasteiger partial charge in [0.2, 0.25) is 0 Å². The highest BCUT2D eigenvalue weighted by molar-refractivity contribution is 5.82. The van der Waals surface area contributed by atoms with Crippen LogP contribution in [0.25, 0.3) is 10.8 Å². The fraction of sp³-hybridized carbons (Fsp3) is 0.182. The molecule has 17 heavy (non-hydrogen) atoms. The fourth-order valence-electron chi connectivity index (χ4n) is 1.52. The Hall–Kier alpha value is -2.37. The second-order valence-corrected chi connectivity index (χ2v) is 3.45. The molecule has 0 aliphatic heterocycles.